The van der Waals surface area contributed by atoms with Gasteiger partial charge >= 0.3 is 0 Å². The Hall–Kier alpha value is -1.45. The van der Waals surface area contributed by atoms with Crippen LogP contribution in [-0.4, -0.2) is 30.1 Å². The van der Waals surface area contributed by atoms with Crippen LogP contribution in [0.4, 0.5) is 0 Å². The number of aromatic nitrogens is 2. The highest BCUT2D eigenvalue weighted by Gasteiger charge is 2.19. The molecule has 1 aromatic heterocycles. The van der Waals surface area contributed by atoms with E-state index in [2.05, 4.69) is 10.2 Å². The molecule has 1 heterocycles. The van der Waals surface area contributed by atoms with Crippen LogP contribution in [-0.2, 0) is 16.4 Å². The first kappa shape index (κ1) is 21.3. The average molecular weight is 480 g/mol. The van der Waals surface area contributed by atoms with Crippen molar-refractivity contribution in [3.8, 4) is 5.75 Å². The molecule has 0 N–H and O–H groups in total. The van der Waals surface area contributed by atoms with Gasteiger partial charge in [0.15, 0.2) is 16.4 Å². The van der Waals surface area contributed by atoms with Crippen LogP contribution in [0.25, 0.3) is 0 Å². The number of hydrogen-bond acceptors (Lipinski definition) is 7. The van der Waals surface area contributed by atoms with E-state index < -0.39 is 9.84 Å². The highest BCUT2D eigenvalue weighted by molar-refractivity contribution is 8.00. The van der Waals surface area contributed by atoms with Gasteiger partial charge in [0.1, 0.15) is 5.75 Å². The number of nitrogens with zero attached hydrogens (tertiary/aromatic N) is 2. The molecular weight excluding hydrogens is 467 g/mol. The van der Waals surface area contributed by atoms with Gasteiger partial charge in [0.05, 0.1) is 15.7 Å². The summed E-state index contributed by atoms with van der Waals surface area (Å²) in [4.78, 5) is 0.00449. The molecular formula is C17H13Cl3N2O4S2. The fraction of sp³-hybridized carbons (Fsp3) is 0.176. The summed E-state index contributed by atoms with van der Waals surface area (Å²) in [7, 11) is -3.59. The molecule has 0 spiro atoms. The molecule has 0 atom stereocenters. The Morgan fingerprint density at radius 3 is 2.46 bits per heavy atom. The van der Waals surface area contributed by atoms with Gasteiger partial charge in [-0.15, -0.1) is 10.2 Å². The topological polar surface area (TPSA) is 82.3 Å². The Morgan fingerprint density at radius 1 is 1.00 bits per heavy atom. The third kappa shape index (κ3) is 5.78. The van der Waals surface area contributed by atoms with Crippen molar-refractivity contribution in [2.24, 2.45) is 0 Å². The standard InChI is InChI=1S/C17H13Cl3N2O4S2/c18-11-1-4-13(5-2-11)25-10-16-21-22-17(26-16)27-7-8-28(23,24)15-9-12(19)3-6-14(15)20/h1-6,9H,7-8,10H2. The second-order valence-corrected chi connectivity index (χ2v) is 9.85. The molecule has 0 aliphatic carbocycles. The van der Waals surface area contributed by atoms with E-state index >= 15 is 0 Å². The van der Waals surface area contributed by atoms with Gasteiger partial charge in [-0.3, -0.25) is 0 Å². The molecule has 0 unspecified atom stereocenters. The lowest BCUT2D eigenvalue weighted by Gasteiger charge is -2.06. The Kier molecular flexibility index (Phi) is 7.11. The molecule has 0 radical (unpaired) electrons. The van der Waals surface area contributed by atoms with Crippen molar-refractivity contribution in [1.29, 1.82) is 0 Å². The minimum absolute atomic E-state index is 0.00449. The first-order chi connectivity index (χ1) is 13.3. The smallest absolute Gasteiger partial charge is 0.276 e. The second-order valence-electron chi connectivity index (χ2n) is 5.45. The highest BCUT2D eigenvalue weighted by atomic mass is 35.5. The quantitative estimate of drug-likeness (QED) is 0.412. The first-order valence-electron chi connectivity index (χ1n) is 7.85. The number of hydrogen-bond donors (Lipinski definition) is 0. The maximum Gasteiger partial charge on any atom is 0.276 e. The van der Waals surface area contributed by atoms with Crippen molar-refractivity contribution in [3.05, 3.63) is 63.4 Å². The van der Waals surface area contributed by atoms with Gasteiger partial charge in [-0.05, 0) is 42.5 Å². The Bertz CT molecular complexity index is 1060. The normalized spacial score (nSPS) is 11.5. The molecule has 6 nitrogen and oxygen atoms in total. The van der Waals surface area contributed by atoms with E-state index in [0.29, 0.717) is 15.8 Å². The van der Waals surface area contributed by atoms with Gasteiger partial charge < -0.3 is 9.15 Å². The second kappa shape index (κ2) is 9.37. The summed E-state index contributed by atoms with van der Waals surface area (Å²) in [5.41, 5.74) is 0. The third-order valence-electron chi connectivity index (χ3n) is 3.43. The predicted molar refractivity (Wildman–Crippen MR) is 109 cm³/mol. The van der Waals surface area contributed by atoms with Gasteiger partial charge in [-0.25, -0.2) is 8.42 Å². The van der Waals surface area contributed by atoms with E-state index in [1.54, 1.807) is 24.3 Å². The predicted octanol–water partition coefficient (Wildman–Crippen LogP) is 5.17. The van der Waals surface area contributed by atoms with Gasteiger partial charge in [0.2, 0.25) is 0 Å². The summed E-state index contributed by atoms with van der Waals surface area (Å²) in [5.74, 6) is 0.946. The summed E-state index contributed by atoms with van der Waals surface area (Å²) in [6.07, 6.45) is 0. The van der Waals surface area contributed by atoms with Crippen molar-refractivity contribution in [2.75, 3.05) is 11.5 Å². The van der Waals surface area contributed by atoms with Crippen LogP contribution in [0.15, 0.2) is 57.0 Å². The van der Waals surface area contributed by atoms with Crippen LogP contribution in [0, 0.1) is 0 Å². The number of sulfone groups is 1. The maximum absolute atomic E-state index is 12.4. The number of benzene rings is 2. The van der Waals surface area contributed by atoms with Crippen molar-refractivity contribution >= 4 is 56.4 Å². The fourth-order valence-corrected chi connectivity index (χ4v) is 5.46. The zero-order valence-corrected chi connectivity index (χ0v) is 18.0. The molecule has 0 aliphatic heterocycles. The highest BCUT2D eigenvalue weighted by Crippen LogP contribution is 2.27. The monoisotopic (exact) mass is 478 g/mol. The molecule has 0 bridgehead atoms. The third-order valence-corrected chi connectivity index (χ3v) is 7.19. The molecule has 0 amide bonds. The molecule has 2 aromatic carbocycles. The van der Waals surface area contributed by atoms with Crippen LogP contribution < -0.4 is 4.74 Å². The Morgan fingerprint density at radius 2 is 1.71 bits per heavy atom. The van der Waals surface area contributed by atoms with Gasteiger partial charge in [-0.2, -0.15) is 0 Å². The van der Waals surface area contributed by atoms with Crippen LogP contribution >= 0.6 is 46.6 Å². The zero-order valence-electron chi connectivity index (χ0n) is 14.1. The van der Waals surface area contributed by atoms with E-state index in [9.17, 15) is 8.42 Å². The summed E-state index contributed by atoms with van der Waals surface area (Å²) in [5, 5.41) is 9.04. The van der Waals surface area contributed by atoms with Crippen LogP contribution in [0.5, 0.6) is 5.75 Å². The summed E-state index contributed by atoms with van der Waals surface area (Å²) < 4.78 is 35.8. The SMILES string of the molecule is O=S(=O)(CCSc1nnc(COc2ccc(Cl)cc2)o1)c1cc(Cl)ccc1Cl. The van der Waals surface area contributed by atoms with Gasteiger partial charge in [0, 0.05) is 15.8 Å². The summed E-state index contributed by atoms with van der Waals surface area (Å²) in [6, 6.07) is 11.2. The van der Waals surface area contributed by atoms with Crippen molar-refractivity contribution in [2.45, 2.75) is 16.7 Å². The van der Waals surface area contributed by atoms with E-state index in [4.69, 9.17) is 44.0 Å². The van der Waals surface area contributed by atoms with E-state index in [1.165, 1.54) is 18.2 Å². The number of rotatable bonds is 8. The molecule has 148 valence electrons. The van der Waals surface area contributed by atoms with Crippen LogP contribution in [0.1, 0.15) is 5.89 Å². The molecule has 0 saturated carbocycles. The Labute approximate surface area is 181 Å². The average Bonchev–Trinajstić information content (AvgIpc) is 3.11. The van der Waals surface area contributed by atoms with E-state index in [-0.39, 0.29) is 39.1 Å². The summed E-state index contributed by atoms with van der Waals surface area (Å²) >= 11 is 18.8. The molecule has 28 heavy (non-hydrogen) atoms. The molecule has 3 aromatic rings. The van der Waals surface area contributed by atoms with Gasteiger partial charge in [-0.1, -0.05) is 46.6 Å². The number of thioether (sulfide) groups is 1. The lowest BCUT2D eigenvalue weighted by atomic mass is 10.3. The summed E-state index contributed by atoms with van der Waals surface area (Å²) in [6.45, 7) is 0.0889. The molecule has 0 aliphatic rings. The van der Waals surface area contributed by atoms with Crippen molar-refractivity contribution < 1.29 is 17.6 Å². The molecule has 3 rings (SSSR count). The van der Waals surface area contributed by atoms with Crippen LogP contribution in [0.3, 0.4) is 0 Å². The largest absolute Gasteiger partial charge is 0.484 e. The Balaban J connectivity index is 1.52. The minimum Gasteiger partial charge on any atom is -0.484 e. The van der Waals surface area contributed by atoms with Crippen molar-refractivity contribution in [3.63, 3.8) is 0 Å². The fourth-order valence-electron chi connectivity index (χ4n) is 2.09. The van der Waals surface area contributed by atoms with Crippen LogP contribution in [0.2, 0.25) is 15.1 Å². The van der Waals surface area contributed by atoms with Crippen molar-refractivity contribution in [1.82, 2.24) is 10.2 Å². The van der Waals surface area contributed by atoms with E-state index in [0.717, 1.165) is 11.8 Å². The number of ether oxygens (including phenoxy) is 1. The van der Waals surface area contributed by atoms with Gasteiger partial charge in [0.25, 0.3) is 11.1 Å². The molecule has 0 saturated heterocycles. The zero-order chi connectivity index (χ0) is 20.1. The number of halogens is 3. The maximum atomic E-state index is 12.4. The lowest BCUT2D eigenvalue weighted by molar-refractivity contribution is 0.252. The molecule has 11 heteroatoms. The first-order valence-corrected chi connectivity index (χ1v) is 11.6. The van der Waals surface area contributed by atoms with E-state index in [1.807, 2.05) is 0 Å². The lowest BCUT2D eigenvalue weighted by Crippen LogP contribution is -2.09. The minimum atomic E-state index is -3.59. The molecule has 0 fully saturated rings.